The molecule has 0 atom stereocenters. The maximum absolute atomic E-state index is 4.55. The van der Waals surface area contributed by atoms with Crippen LogP contribution in [0.3, 0.4) is 0 Å². The fourth-order valence-corrected chi connectivity index (χ4v) is 1.85. The number of nitrogens with zero attached hydrogens (tertiary/aromatic N) is 1. The Bertz CT molecular complexity index is 467. The van der Waals surface area contributed by atoms with Crippen LogP contribution in [0.15, 0.2) is 24.3 Å². The van der Waals surface area contributed by atoms with Crippen molar-refractivity contribution >= 4 is 10.9 Å². The first-order valence-corrected chi connectivity index (χ1v) is 5.07. The lowest BCUT2D eigenvalue weighted by atomic mass is 10.0. The van der Waals surface area contributed by atoms with Crippen LogP contribution in [-0.2, 0) is 6.42 Å². The molecule has 2 rings (SSSR count). The minimum atomic E-state index is 1.07. The van der Waals surface area contributed by atoms with Gasteiger partial charge in [-0.3, -0.25) is 4.98 Å². The van der Waals surface area contributed by atoms with Crippen LogP contribution in [0.25, 0.3) is 10.9 Å². The molecule has 0 fully saturated rings. The van der Waals surface area contributed by atoms with Gasteiger partial charge >= 0.3 is 0 Å². The van der Waals surface area contributed by atoms with E-state index in [0.29, 0.717) is 0 Å². The van der Waals surface area contributed by atoms with E-state index in [4.69, 9.17) is 0 Å². The highest BCUT2D eigenvalue weighted by molar-refractivity contribution is 5.83. The zero-order chi connectivity index (χ0) is 10.1. The number of pyridine rings is 1. The summed E-state index contributed by atoms with van der Waals surface area (Å²) in [6.45, 7) is 6.35. The number of fused-ring (bicyclic) bond motifs is 1. The lowest BCUT2D eigenvalue weighted by molar-refractivity contribution is 1.12. The maximum atomic E-state index is 4.55. The molecule has 0 saturated carbocycles. The number of aryl methyl sites for hydroxylation is 3. The van der Waals surface area contributed by atoms with Gasteiger partial charge in [0, 0.05) is 11.1 Å². The van der Waals surface area contributed by atoms with Gasteiger partial charge in [-0.15, -0.1) is 0 Å². The molecule has 0 unspecified atom stereocenters. The molecule has 0 saturated heterocycles. The van der Waals surface area contributed by atoms with Crippen LogP contribution in [-0.4, -0.2) is 4.98 Å². The molecule has 1 aromatic carbocycles. The Hall–Kier alpha value is -1.37. The van der Waals surface area contributed by atoms with Crippen LogP contribution in [0.4, 0.5) is 0 Å². The van der Waals surface area contributed by atoms with Crippen molar-refractivity contribution in [1.82, 2.24) is 4.98 Å². The summed E-state index contributed by atoms with van der Waals surface area (Å²) in [5.74, 6) is 0. The highest BCUT2D eigenvalue weighted by Crippen LogP contribution is 2.19. The molecular weight excluding hydrogens is 170 g/mol. The predicted octanol–water partition coefficient (Wildman–Crippen LogP) is 3.41. The SMILES string of the molecule is CCc1cc(C)nc2cc(C)ccc12. The van der Waals surface area contributed by atoms with Crippen molar-refractivity contribution in [2.75, 3.05) is 0 Å². The normalized spacial score (nSPS) is 10.8. The second kappa shape index (κ2) is 3.41. The van der Waals surface area contributed by atoms with Crippen LogP contribution >= 0.6 is 0 Å². The van der Waals surface area contributed by atoms with Crippen molar-refractivity contribution in [3.05, 3.63) is 41.1 Å². The molecule has 0 radical (unpaired) electrons. The second-order valence-electron chi connectivity index (χ2n) is 3.80. The maximum Gasteiger partial charge on any atom is 0.0710 e. The van der Waals surface area contributed by atoms with E-state index < -0.39 is 0 Å². The summed E-state index contributed by atoms with van der Waals surface area (Å²) in [7, 11) is 0. The van der Waals surface area contributed by atoms with Gasteiger partial charge in [-0.1, -0.05) is 19.1 Å². The average molecular weight is 185 g/mol. The number of benzene rings is 1. The summed E-state index contributed by atoms with van der Waals surface area (Å²) in [5, 5.41) is 1.30. The van der Waals surface area contributed by atoms with Crippen molar-refractivity contribution in [2.24, 2.45) is 0 Å². The van der Waals surface area contributed by atoms with E-state index in [-0.39, 0.29) is 0 Å². The molecule has 14 heavy (non-hydrogen) atoms. The standard InChI is InChI=1S/C13H15N/c1-4-11-8-10(3)14-13-7-9(2)5-6-12(11)13/h5-8H,4H2,1-3H3. The minimum Gasteiger partial charge on any atom is -0.253 e. The Kier molecular flexibility index (Phi) is 2.24. The molecule has 0 amide bonds. The lowest BCUT2D eigenvalue weighted by Gasteiger charge is -2.06. The van der Waals surface area contributed by atoms with Crippen LogP contribution in [0.5, 0.6) is 0 Å². The molecule has 0 aliphatic heterocycles. The quantitative estimate of drug-likeness (QED) is 0.663. The highest BCUT2D eigenvalue weighted by atomic mass is 14.7. The molecule has 1 heteroatoms. The average Bonchev–Trinajstić information content (AvgIpc) is 2.15. The summed E-state index contributed by atoms with van der Waals surface area (Å²) in [4.78, 5) is 4.55. The van der Waals surface area contributed by atoms with Crippen molar-refractivity contribution in [2.45, 2.75) is 27.2 Å². The van der Waals surface area contributed by atoms with Crippen LogP contribution in [0.1, 0.15) is 23.7 Å². The van der Waals surface area contributed by atoms with Crippen molar-refractivity contribution in [3.8, 4) is 0 Å². The molecule has 2 aromatic rings. The van der Waals surface area contributed by atoms with Gasteiger partial charge in [-0.25, -0.2) is 0 Å². The fourth-order valence-electron chi connectivity index (χ4n) is 1.85. The van der Waals surface area contributed by atoms with Crippen LogP contribution < -0.4 is 0 Å². The zero-order valence-electron chi connectivity index (χ0n) is 8.96. The first-order chi connectivity index (χ1) is 6.70. The summed E-state index contributed by atoms with van der Waals surface area (Å²) in [6, 6.07) is 8.66. The highest BCUT2D eigenvalue weighted by Gasteiger charge is 2.01. The Morgan fingerprint density at radius 3 is 2.64 bits per heavy atom. The van der Waals surface area contributed by atoms with Gasteiger partial charge in [0.15, 0.2) is 0 Å². The van der Waals surface area contributed by atoms with Gasteiger partial charge in [0.25, 0.3) is 0 Å². The van der Waals surface area contributed by atoms with Crippen molar-refractivity contribution < 1.29 is 0 Å². The first kappa shape index (κ1) is 9.20. The smallest absolute Gasteiger partial charge is 0.0710 e. The van der Waals surface area contributed by atoms with Crippen molar-refractivity contribution in [3.63, 3.8) is 0 Å². The number of hydrogen-bond donors (Lipinski definition) is 0. The molecule has 0 aliphatic rings. The van der Waals surface area contributed by atoms with E-state index in [1.807, 2.05) is 0 Å². The molecular formula is C13H15N. The molecule has 1 heterocycles. The monoisotopic (exact) mass is 185 g/mol. The molecule has 1 aromatic heterocycles. The predicted molar refractivity (Wildman–Crippen MR) is 60.6 cm³/mol. The molecule has 0 aliphatic carbocycles. The summed E-state index contributed by atoms with van der Waals surface area (Å²) in [5.41, 5.74) is 4.91. The largest absolute Gasteiger partial charge is 0.253 e. The molecule has 0 N–H and O–H groups in total. The number of aromatic nitrogens is 1. The Balaban J connectivity index is 2.81. The second-order valence-corrected chi connectivity index (χ2v) is 3.80. The van der Waals surface area contributed by atoms with Gasteiger partial charge < -0.3 is 0 Å². The van der Waals surface area contributed by atoms with Gasteiger partial charge in [0.05, 0.1) is 5.52 Å². The van der Waals surface area contributed by atoms with Gasteiger partial charge in [-0.05, 0) is 43.5 Å². The third kappa shape index (κ3) is 1.50. The topological polar surface area (TPSA) is 12.9 Å². The summed E-state index contributed by atoms with van der Waals surface area (Å²) >= 11 is 0. The van der Waals surface area contributed by atoms with E-state index >= 15 is 0 Å². The van der Waals surface area contributed by atoms with Crippen LogP contribution in [0.2, 0.25) is 0 Å². The van der Waals surface area contributed by atoms with Gasteiger partial charge in [-0.2, -0.15) is 0 Å². The van der Waals surface area contributed by atoms with E-state index in [1.165, 1.54) is 16.5 Å². The Labute approximate surface area is 84.8 Å². The van der Waals surface area contributed by atoms with E-state index in [2.05, 4.69) is 50.0 Å². The van der Waals surface area contributed by atoms with Gasteiger partial charge in [0.1, 0.15) is 0 Å². The van der Waals surface area contributed by atoms with E-state index in [0.717, 1.165) is 17.6 Å². The van der Waals surface area contributed by atoms with Crippen LogP contribution in [0, 0.1) is 13.8 Å². The van der Waals surface area contributed by atoms with Gasteiger partial charge in [0.2, 0.25) is 0 Å². The molecule has 1 nitrogen and oxygen atoms in total. The van der Waals surface area contributed by atoms with E-state index in [1.54, 1.807) is 0 Å². The molecule has 0 spiro atoms. The Morgan fingerprint density at radius 1 is 1.14 bits per heavy atom. The summed E-state index contributed by atoms with van der Waals surface area (Å²) in [6.07, 6.45) is 1.07. The minimum absolute atomic E-state index is 1.07. The number of hydrogen-bond acceptors (Lipinski definition) is 1. The van der Waals surface area contributed by atoms with Crippen molar-refractivity contribution in [1.29, 1.82) is 0 Å². The number of rotatable bonds is 1. The zero-order valence-corrected chi connectivity index (χ0v) is 8.96. The first-order valence-electron chi connectivity index (χ1n) is 5.07. The summed E-state index contributed by atoms with van der Waals surface area (Å²) < 4.78 is 0. The fraction of sp³-hybridized carbons (Fsp3) is 0.308. The van der Waals surface area contributed by atoms with E-state index in [9.17, 15) is 0 Å². The molecule has 0 bridgehead atoms. The Morgan fingerprint density at radius 2 is 1.93 bits per heavy atom. The third-order valence-electron chi connectivity index (χ3n) is 2.56. The molecule has 72 valence electrons. The third-order valence-corrected chi connectivity index (χ3v) is 2.56. The lowest BCUT2D eigenvalue weighted by Crippen LogP contribution is -1.90.